The minimum Gasteiger partial charge on any atom is -0.481 e. The van der Waals surface area contributed by atoms with Crippen LogP contribution in [-0.2, 0) is 4.79 Å². The van der Waals surface area contributed by atoms with Gasteiger partial charge in [0.1, 0.15) is 5.75 Å². The zero-order chi connectivity index (χ0) is 23.5. The van der Waals surface area contributed by atoms with Gasteiger partial charge in [0, 0.05) is 31.7 Å². The molecule has 0 N–H and O–H groups in total. The van der Waals surface area contributed by atoms with Crippen molar-refractivity contribution in [3.63, 3.8) is 0 Å². The number of rotatable bonds is 5. The molecule has 172 valence electrons. The molecule has 1 saturated heterocycles. The first-order valence-corrected chi connectivity index (χ1v) is 11.5. The van der Waals surface area contributed by atoms with E-state index in [2.05, 4.69) is 53.2 Å². The van der Waals surface area contributed by atoms with E-state index in [-0.39, 0.29) is 5.91 Å². The molecule has 1 atom stereocenters. The number of piperazine rings is 1. The molecule has 1 unspecified atom stereocenters. The molecule has 1 aliphatic rings. The molecule has 1 amide bonds. The van der Waals surface area contributed by atoms with E-state index in [1.54, 1.807) is 0 Å². The number of hydrogen-bond donors (Lipinski definition) is 0. The van der Waals surface area contributed by atoms with Crippen molar-refractivity contribution in [2.24, 2.45) is 0 Å². The van der Waals surface area contributed by atoms with Crippen molar-refractivity contribution in [2.45, 2.75) is 40.7 Å². The molecule has 0 bridgehead atoms. The maximum atomic E-state index is 12.9. The maximum Gasteiger partial charge on any atom is 0.263 e. The van der Waals surface area contributed by atoms with Gasteiger partial charge in [-0.1, -0.05) is 18.2 Å². The molecule has 6 nitrogen and oxygen atoms in total. The number of aromatic nitrogens is 2. The smallest absolute Gasteiger partial charge is 0.263 e. The highest BCUT2D eigenvalue weighted by Gasteiger charge is 2.26. The van der Waals surface area contributed by atoms with Crippen molar-refractivity contribution < 1.29 is 9.53 Å². The van der Waals surface area contributed by atoms with Gasteiger partial charge in [-0.2, -0.15) is 0 Å². The Morgan fingerprint density at radius 2 is 1.55 bits per heavy atom. The predicted molar refractivity (Wildman–Crippen MR) is 132 cm³/mol. The number of nitrogens with zero attached hydrogens (tertiary/aromatic N) is 4. The fraction of sp³-hybridized carbons (Fsp3) is 0.370. The molecule has 0 saturated carbocycles. The lowest BCUT2D eigenvalue weighted by Gasteiger charge is -2.36. The first-order valence-electron chi connectivity index (χ1n) is 11.5. The first-order chi connectivity index (χ1) is 15.8. The van der Waals surface area contributed by atoms with Gasteiger partial charge in [-0.25, -0.2) is 0 Å². The number of aryl methyl sites for hydroxylation is 4. The van der Waals surface area contributed by atoms with Crippen molar-refractivity contribution in [1.29, 1.82) is 0 Å². The summed E-state index contributed by atoms with van der Waals surface area (Å²) in [7, 11) is 0. The van der Waals surface area contributed by atoms with Crippen molar-refractivity contribution >= 4 is 11.7 Å². The number of carbonyl (C=O) groups is 1. The van der Waals surface area contributed by atoms with Crippen LogP contribution in [0.1, 0.15) is 29.2 Å². The average molecular weight is 445 g/mol. The molecule has 2 aromatic carbocycles. The number of carbonyl (C=O) groups excluding carboxylic acids is 1. The van der Waals surface area contributed by atoms with Crippen molar-refractivity contribution in [3.8, 4) is 17.0 Å². The van der Waals surface area contributed by atoms with E-state index in [0.717, 1.165) is 47.0 Å². The van der Waals surface area contributed by atoms with Crippen molar-refractivity contribution in [3.05, 3.63) is 70.8 Å². The Morgan fingerprint density at radius 3 is 2.15 bits per heavy atom. The summed E-state index contributed by atoms with van der Waals surface area (Å²) in [5, 5.41) is 8.90. The number of anilines is 1. The highest BCUT2D eigenvalue weighted by Crippen LogP contribution is 2.22. The molecule has 0 aliphatic carbocycles. The van der Waals surface area contributed by atoms with Crippen LogP contribution in [0, 0.1) is 27.7 Å². The van der Waals surface area contributed by atoms with E-state index in [4.69, 9.17) is 4.74 Å². The van der Waals surface area contributed by atoms with Gasteiger partial charge in [0.15, 0.2) is 11.9 Å². The zero-order valence-electron chi connectivity index (χ0n) is 20.1. The SMILES string of the molecule is Cc1cc(C)cc(OC(C)C(=O)N2CCN(c3ccc(-c4ccc(C)c(C)c4)nn3)CC2)c1. The number of benzene rings is 2. The summed E-state index contributed by atoms with van der Waals surface area (Å²) in [6.45, 7) is 12.8. The number of ether oxygens (including phenoxy) is 1. The molecule has 0 spiro atoms. The summed E-state index contributed by atoms with van der Waals surface area (Å²) in [5.41, 5.74) is 6.71. The highest BCUT2D eigenvalue weighted by atomic mass is 16.5. The third kappa shape index (κ3) is 5.33. The van der Waals surface area contributed by atoms with Gasteiger partial charge in [-0.3, -0.25) is 4.79 Å². The topological polar surface area (TPSA) is 58.6 Å². The second-order valence-corrected chi connectivity index (χ2v) is 8.97. The highest BCUT2D eigenvalue weighted by molar-refractivity contribution is 5.81. The monoisotopic (exact) mass is 444 g/mol. The van der Waals surface area contributed by atoms with E-state index in [9.17, 15) is 4.79 Å². The van der Waals surface area contributed by atoms with Crippen LogP contribution in [0.15, 0.2) is 48.5 Å². The fourth-order valence-corrected chi connectivity index (χ4v) is 4.22. The largest absolute Gasteiger partial charge is 0.481 e. The molecule has 6 heteroatoms. The summed E-state index contributed by atoms with van der Waals surface area (Å²) >= 11 is 0. The van der Waals surface area contributed by atoms with Crippen LogP contribution in [0.3, 0.4) is 0 Å². The van der Waals surface area contributed by atoms with E-state index >= 15 is 0 Å². The molecular weight excluding hydrogens is 412 g/mol. The van der Waals surface area contributed by atoms with Gasteiger partial charge in [0.2, 0.25) is 0 Å². The number of hydrogen-bond acceptors (Lipinski definition) is 5. The second kappa shape index (κ2) is 9.61. The Labute approximate surface area is 196 Å². The Kier molecular flexibility index (Phi) is 6.63. The lowest BCUT2D eigenvalue weighted by molar-refractivity contribution is -0.138. The van der Waals surface area contributed by atoms with Gasteiger partial charge in [0.25, 0.3) is 5.91 Å². The summed E-state index contributed by atoms with van der Waals surface area (Å²) in [6, 6.07) is 16.4. The van der Waals surface area contributed by atoms with E-state index < -0.39 is 6.10 Å². The van der Waals surface area contributed by atoms with Crippen LogP contribution in [0.5, 0.6) is 5.75 Å². The molecule has 1 fully saturated rings. The Balaban J connectivity index is 1.34. The quantitative estimate of drug-likeness (QED) is 0.580. The summed E-state index contributed by atoms with van der Waals surface area (Å²) < 4.78 is 5.95. The second-order valence-electron chi connectivity index (χ2n) is 8.97. The Hall–Kier alpha value is -3.41. The van der Waals surface area contributed by atoms with E-state index in [1.165, 1.54) is 11.1 Å². The van der Waals surface area contributed by atoms with Crippen molar-refractivity contribution in [2.75, 3.05) is 31.1 Å². The lowest BCUT2D eigenvalue weighted by atomic mass is 10.0. The standard InChI is InChI=1S/C27H32N4O2/c1-18-14-19(2)16-24(15-18)33-22(5)27(32)31-12-10-30(11-13-31)26-9-8-25(28-29-26)23-7-6-20(3)21(4)17-23/h6-9,14-17,22H,10-13H2,1-5H3. The summed E-state index contributed by atoms with van der Waals surface area (Å²) in [5.74, 6) is 1.60. The molecule has 3 aromatic rings. The number of amides is 1. The molecule has 0 radical (unpaired) electrons. The van der Waals surface area contributed by atoms with E-state index in [1.807, 2.05) is 49.9 Å². The van der Waals surface area contributed by atoms with E-state index in [0.29, 0.717) is 13.1 Å². The van der Waals surface area contributed by atoms with Gasteiger partial charge >= 0.3 is 0 Å². The average Bonchev–Trinajstić information content (AvgIpc) is 2.80. The third-order valence-electron chi connectivity index (χ3n) is 6.22. The third-order valence-corrected chi connectivity index (χ3v) is 6.22. The van der Waals surface area contributed by atoms with Gasteiger partial charge < -0.3 is 14.5 Å². The van der Waals surface area contributed by atoms with Gasteiger partial charge in [0.05, 0.1) is 5.69 Å². The normalized spacial score (nSPS) is 14.8. The lowest BCUT2D eigenvalue weighted by Crippen LogP contribution is -2.52. The minimum atomic E-state index is -0.519. The van der Waals surface area contributed by atoms with Crippen LogP contribution >= 0.6 is 0 Å². The van der Waals surface area contributed by atoms with Crippen LogP contribution in [-0.4, -0.2) is 53.3 Å². The summed E-state index contributed by atoms with van der Waals surface area (Å²) in [4.78, 5) is 17.0. The van der Waals surface area contributed by atoms with Gasteiger partial charge in [-0.15, -0.1) is 10.2 Å². The van der Waals surface area contributed by atoms with Crippen LogP contribution < -0.4 is 9.64 Å². The zero-order valence-corrected chi connectivity index (χ0v) is 20.1. The van der Waals surface area contributed by atoms with Crippen LogP contribution in [0.2, 0.25) is 0 Å². The van der Waals surface area contributed by atoms with Crippen LogP contribution in [0.4, 0.5) is 5.82 Å². The molecule has 2 heterocycles. The molecule has 1 aromatic heterocycles. The van der Waals surface area contributed by atoms with Crippen LogP contribution in [0.25, 0.3) is 11.3 Å². The Bertz CT molecular complexity index is 1120. The Morgan fingerprint density at radius 1 is 0.848 bits per heavy atom. The predicted octanol–water partition coefficient (Wildman–Crippen LogP) is 4.49. The van der Waals surface area contributed by atoms with Gasteiger partial charge in [-0.05, 0) is 87.2 Å². The molecular formula is C27H32N4O2. The molecule has 1 aliphatic heterocycles. The fourth-order valence-electron chi connectivity index (χ4n) is 4.22. The minimum absolute atomic E-state index is 0.0185. The summed E-state index contributed by atoms with van der Waals surface area (Å²) in [6.07, 6.45) is -0.519. The molecule has 4 rings (SSSR count). The first kappa shape index (κ1) is 22.8. The molecule has 33 heavy (non-hydrogen) atoms. The maximum absolute atomic E-state index is 12.9. The van der Waals surface area contributed by atoms with Crippen molar-refractivity contribution in [1.82, 2.24) is 15.1 Å².